The van der Waals surface area contributed by atoms with Crippen molar-refractivity contribution in [1.82, 2.24) is 4.90 Å². The molecule has 2 aliphatic heterocycles. The van der Waals surface area contributed by atoms with Gasteiger partial charge in [-0.25, -0.2) is 0 Å². The summed E-state index contributed by atoms with van der Waals surface area (Å²) in [7, 11) is 0. The first kappa shape index (κ1) is 16.5. The number of carboxylic acids is 1. The van der Waals surface area contributed by atoms with Crippen LogP contribution in [0.3, 0.4) is 0 Å². The first-order valence-corrected chi connectivity index (χ1v) is 8.34. The zero-order valence-electron chi connectivity index (χ0n) is 13.8. The van der Waals surface area contributed by atoms with Crippen molar-refractivity contribution in [1.29, 1.82) is 0 Å². The van der Waals surface area contributed by atoms with Crippen LogP contribution in [0.15, 0.2) is 24.3 Å². The molecule has 1 aromatic rings. The molecule has 0 bridgehead atoms. The molecule has 0 saturated carbocycles. The molecule has 0 radical (unpaired) electrons. The van der Waals surface area contributed by atoms with Gasteiger partial charge in [0.25, 0.3) is 0 Å². The number of carbonyl (C=O) groups excluding carboxylic acids is 2. The highest BCUT2D eigenvalue weighted by molar-refractivity contribution is 6.01. The fraction of sp³-hybridized carbons (Fsp3) is 0.500. The molecule has 0 aromatic heterocycles. The number of benzene rings is 1. The molecule has 2 aliphatic rings. The number of aryl methyl sites for hydroxylation is 1. The van der Waals surface area contributed by atoms with Gasteiger partial charge in [0.1, 0.15) is 6.54 Å². The maximum Gasteiger partial charge on any atom is 0.308 e. The highest BCUT2D eigenvalue weighted by atomic mass is 16.4. The molecule has 1 fully saturated rings. The fourth-order valence-corrected chi connectivity index (χ4v) is 3.64. The van der Waals surface area contributed by atoms with E-state index in [1.165, 1.54) is 4.90 Å². The molecule has 0 aliphatic carbocycles. The van der Waals surface area contributed by atoms with Crippen LogP contribution in [0.25, 0.3) is 0 Å². The number of hydrogen-bond acceptors (Lipinski definition) is 3. The molecule has 6 nitrogen and oxygen atoms in total. The Hall–Kier alpha value is -2.37. The van der Waals surface area contributed by atoms with Crippen molar-refractivity contribution < 1.29 is 19.5 Å². The minimum atomic E-state index is -0.862. The topological polar surface area (TPSA) is 77.9 Å². The Morgan fingerprint density at radius 3 is 2.71 bits per heavy atom. The number of fused-ring (bicyclic) bond motifs is 1. The van der Waals surface area contributed by atoms with Crippen LogP contribution in [0.2, 0.25) is 0 Å². The summed E-state index contributed by atoms with van der Waals surface area (Å²) in [5, 5.41) is 9.25. The molecule has 1 aromatic carbocycles. The van der Waals surface area contributed by atoms with Gasteiger partial charge in [0.05, 0.1) is 5.92 Å². The Kier molecular flexibility index (Phi) is 4.55. The van der Waals surface area contributed by atoms with Gasteiger partial charge >= 0.3 is 5.97 Å². The summed E-state index contributed by atoms with van der Waals surface area (Å²) < 4.78 is 0. The quantitative estimate of drug-likeness (QED) is 0.912. The summed E-state index contributed by atoms with van der Waals surface area (Å²) in [4.78, 5) is 39.4. The van der Waals surface area contributed by atoms with Crippen molar-refractivity contribution in [3.05, 3.63) is 29.8 Å². The molecule has 2 atom stereocenters. The third kappa shape index (κ3) is 3.27. The molecular weight excluding hydrogens is 308 g/mol. The Morgan fingerprint density at radius 2 is 1.96 bits per heavy atom. The van der Waals surface area contributed by atoms with Crippen LogP contribution in [-0.4, -0.2) is 47.4 Å². The predicted octanol–water partition coefficient (Wildman–Crippen LogP) is 1.54. The summed E-state index contributed by atoms with van der Waals surface area (Å²) >= 11 is 0. The van der Waals surface area contributed by atoms with Crippen molar-refractivity contribution >= 4 is 23.5 Å². The van der Waals surface area contributed by atoms with Crippen molar-refractivity contribution in [2.45, 2.75) is 26.2 Å². The average molecular weight is 330 g/mol. The lowest BCUT2D eigenvalue weighted by Gasteiger charge is -2.37. The normalized spacial score (nSPS) is 23.8. The van der Waals surface area contributed by atoms with E-state index in [0.717, 1.165) is 11.3 Å². The lowest BCUT2D eigenvalue weighted by atomic mass is 9.90. The van der Waals surface area contributed by atoms with E-state index in [4.69, 9.17) is 0 Å². The summed E-state index contributed by atoms with van der Waals surface area (Å²) in [6.07, 6.45) is 1.69. The number of hydrogen-bond donors (Lipinski definition) is 1. The number of nitrogens with zero attached hydrogens (tertiary/aromatic N) is 2. The third-order valence-electron chi connectivity index (χ3n) is 4.85. The average Bonchev–Trinajstić information content (AvgIpc) is 2.56. The summed E-state index contributed by atoms with van der Waals surface area (Å²) in [6.45, 7) is 2.71. The monoisotopic (exact) mass is 330 g/mol. The zero-order valence-corrected chi connectivity index (χ0v) is 13.8. The first-order valence-electron chi connectivity index (χ1n) is 8.34. The van der Waals surface area contributed by atoms with Gasteiger partial charge in [0, 0.05) is 25.2 Å². The zero-order chi connectivity index (χ0) is 17.3. The molecule has 1 saturated heterocycles. The number of piperidine rings is 1. The predicted molar refractivity (Wildman–Crippen MR) is 88.6 cm³/mol. The van der Waals surface area contributed by atoms with Crippen LogP contribution in [-0.2, 0) is 20.8 Å². The third-order valence-corrected chi connectivity index (χ3v) is 4.85. The second-order valence-electron chi connectivity index (χ2n) is 6.78. The van der Waals surface area contributed by atoms with Crippen LogP contribution in [0.1, 0.15) is 25.3 Å². The molecular formula is C18H22N2O4. The van der Waals surface area contributed by atoms with E-state index in [1.54, 1.807) is 4.90 Å². The number of anilines is 1. The van der Waals surface area contributed by atoms with Crippen LogP contribution in [0.5, 0.6) is 0 Å². The number of para-hydroxylation sites is 1. The second-order valence-corrected chi connectivity index (χ2v) is 6.78. The molecule has 3 rings (SSSR count). The van der Waals surface area contributed by atoms with Crippen molar-refractivity contribution in [2.24, 2.45) is 11.8 Å². The van der Waals surface area contributed by atoms with Gasteiger partial charge in [-0.3, -0.25) is 14.4 Å². The standard InChI is InChI=1S/C18H22N2O4/c1-12-8-14(18(23)24)10-19(9-12)17(22)11-20-15-5-3-2-4-13(15)6-7-16(20)21/h2-5,12,14H,6-11H2,1H3,(H,23,24). The highest BCUT2D eigenvalue weighted by Crippen LogP contribution is 2.28. The van der Waals surface area contributed by atoms with E-state index < -0.39 is 11.9 Å². The Labute approximate surface area is 141 Å². The second kappa shape index (κ2) is 6.63. The van der Waals surface area contributed by atoms with Gasteiger partial charge in [-0.15, -0.1) is 0 Å². The lowest BCUT2D eigenvalue weighted by molar-refractivity contribution is -0.146. The minimum absolute atomic E-state index is 0.0189. The summed E-state index contributed by atoms with van der Waals surface area (Å²) in [5.74, 6) is -1.48. The number of carbonyl (C=O) groups is 3. The number of rotatable bonds is 3. The Morgan fingerprint density at radius 1 is 1.21 bits per heavy atom. The van der Waals surface area contributed by atoms with Gasteiger partial charge < -0.3 is 14.9 Å². The van der Waals surface area contributed by atoms with E-state index in [9.17, 15) is 19.5 Å². The largest absolute Gasteiger partial charge is 0.481 e. The SMILES string of the molecule is CC1CC(C(=O)O)CN(C(=O)CN2C(=O)CCc3ccccc32)C1. The van der Waals surface area contributed by atoms with Gasteiger partial charge in [-0.2, -0.15) is 0 Å². The van der Waals surface area contributed by atoms with E-state index >= 15 is 0 Å². The minimum Gasteiger partial charge on any atom is -0.481 e. The highest BCUT2D eigenvalue weighted by Gasteiger charge is 2.34. The molecule has 0 spiro atoms. The van der Waals surface area contributed by atoms with Crippen molar-refractivity contribution in [3.63, 3.8) is 0 Å². The van der Waals surface area contributed by atoms with Gasteiger partial charge in [0.15, 0.2) is 0 Å². The smallest absolute Gasteiger partial charge is 0.308 e. The molecule has 2 unspecified atom stereocenters. The van der Waals surface area contributed by atoms with Gasteiger partial charge in [-0.1, -0.05) is 25.1 Å². The lowest BCUT2D eigenvalue weighted by Crippen LogP contribution is -2.50. The summed E-state index contributed by atoms with van der Waals surface area (Å²) in [5.41, 5.74) is 1.86. The van der Waals surface area contributed by atoms with Gasteiger partial charge in [-0.05, 0) is 30.4 Å². The maximum absolute atomic E-state index is 12.7. The number of amides is 2. The Bertz CT molecular complexity index is 673. The molecule has 128 valence electrons. The van der Waals surface area contributed by atoms with Crippen LogP contribution < -0.4 is 4.90 Å². The van der Waals surface area contributed by atoms with Crippen molar-refractivity contribution in [2.75, 3.05) is 24.5 Å². The van der Waals surface area contributed by atoms with E-state index in [-0.39, 0.29) is 30.8 Å². The first-order chi connectivity index (χ1) is 11.5. The van der Waals surface area contributed by atoms with Crippen LogP contribution in [0.4, 0.5) is 5.69 Å². The molecule has 24 heavy (non-hydrogen) atoms. The van der Waals surface area contributed by atoms with Gasteiger partial charge in [0.2, 0.25) is 11.8 Å². The molecule has 1 N–H and O–H groups in total. The fourth-order valence-electron chi connectivity index (χ4n) is 3.64. The number of likely N-dealkylation sites (tertiary alicyclic amines) is 1. The number of carboxylic acid groups (broad SMARTS) is 1. The molecule has 6 heteroatoms. The molecule has 2 heterocycles. The number of aliphatic carboxylic acids is 1. The van der Waals surface area contributed by atoms with Crippen LogP contribution >= 0.6 is 0 Å². The van der Waals surface area contributed by atoms with E-state index in [1.807, 2.05) is 31.2 Å². The van der Waals surface area contributed by atoms with Crippen LogP contribution in [0, 0.1) is 11.8 Å². The Balaban J connectivity index is 1.75. The molecule has 2 amide bonds. The van der Waals surface area contributed by atoms with Crippen molar-refractivity contribution in [3.8, 4) is 0 Å². The summed E-state index contributed by atoms with van der Waals surface area (Å²) in [6, 6.07) is 7.62. The van der Waals surface area contributed by atoms with E-state index in [2.05, 4.69) is 0 Å². The van der Waals surface area contributed by atoms with E-state index in [0.29, 0.717) is 25.8 Å². The maximum atomic E-state index is 12.7.